The van der Waals surface area contributed by atoms with Gasteiger partial charge in [-0.05, 0) is 24.3 Å². The first-order valence-electron chi connectivity index (χ1n) is 11.2. The molecule has 6 aromatic heterocycles. The smallest absolute Gasteiger partial charge is 0.161 e. The lowest BCUT2D eigenvalue weighted by atomic mass is 10.1. The van der Waals surface area contributed by atoms with Gasteiger partial charge in [-0.15, -0.1) is 0 Å². The standard InChI is InChI=1S/C24H19N11/c25-13-11-35(12-13)20-10-27-8-18(29-20)16-4-5-17-22(30-16)23(34-33-17)24-31-19-9-26-7-14(21(19)32-24)15-3-1-2-6-28-15/h1-10,13H,11-12,25H2,(H,31,32)(H,33,34). The van der Waals surface area contributed by atoms with Gasteiger partial charge in [-0.25, -0.2) is 15.0 Å². The first kappa shape index (κ1) is 19.7. The van der Waals surface area contributed by atoms with Crippen molar-refractivity contribution in [1.29, 1.82) is 0 Å². The maximum atomic E-state index is 5.92. The summed E-state index contributed by atoms with van der Waals surface area (Å²) in [4.78, 5) is 33.1. The van der Waals surface area contributed by atoms with Gasteiger partial charge in [0.1, 0.15) is 22.5 Å². The van der Waals surface area contributed by atoms with Crippen LogP contribution in [0.2, 0.25) is 0 Å². The molecule has 35 heavy (non-hydrogen) atoms. The molecule has 1 aliphatic heterocycles. The molecule has 11 heteroatoms. The van der Waals surface area contributed by atoms with Crippen LogP contribution in [0.3, 0.4) is 0 Å². The van der Waals surface area contributed by atoms with Crippen LogP contribution in [0.15, 0.2) is 61.3 Å². The highest BCUT2D eigenvalue weighted by Crippen LogP contribution is 2.30. The number of hydrogen-bond donors (Lipinski definition) is 3. The van der Waals surface area contributed by atoms with Crippen molar-refractivity contribution in [3.8, 4) is 34.2 Å². The van der Waals surface area contributed by atoms with Gasteiger partial charge >= 0.3 is 0 Å². The number of rotatable bonds is 4. The van der Waals surface area contributed by atoms with Crippen LogP contribution in [-0.2, 0) is 0 Å². The number of anilines is 1. The van der Waals surface area contributed by atoms with E-state index in [-0.39, 0.29) is 6.04 Å². The van der Waals surface area contributed by atoms with E-state index in [0.29, 0.717) is 28.4 Å². The molecular weight excluding hydrogens is 442 g/mol. The minimum atomic E-state index is 0.181. The Bertz CT molecular complexity index is 1680. The summed E-state index contributed by atoms with van der Waals surface area (Å²) in [5.74, 6) is 1.39. The van der Waals surface area contributed by atoms with Crippen LogP contribution < -0.4 is 10.6 Å². The van der Waals surface area contributed by atoms with Crippen molar-refractivity contribution in [2.24, 2.45) is 5.73 Å². The van der Waals surface area contributed by atoms with Crippen molar-refractivity contribution >= 4 is 27.9 Å². The van der Waals surface area contributed by atoms with Crippen molar-refractivity contribution in [3.63, 3.8) is 0 Å². The lowest BCUT2D eigenvalue weighted by Gasteiger charge is -2.37. The van der Waals surface area contributed by atoms with Crippen LogP contribution in [0.1, 0.15) is 0 Å². The van der Waals surface area contributed by atoms with Gasteiger partial charge in [-0.2, -0.15) is 5.10 Å². The fourth-order valence-electron chi connectivity index (χ4n) is 4.29. The quantitative estimate of drug-likeness (QED) is 0.360. The number of nitrogens with zero attached hydrogens (tertiary/aromatic N) is 8. The molecule has 170 valence electrons. The normalized spacial score (nSPS) is 14.0. The zero-order chi connectivity index (χ0) is 23.4. The lowest BCUT2D eigenvalue weighted by molar-refractivity contribution is 0.514. The third-order valence-corrected chi connectivity index (χ3v) is 6.09. The van der Waals surface area contributed by atoms with E-state index in [9.17, 15) is 0 Å². The van der Waals surface area contributed by atoms with Gasteiger partial charge in [0, 0.05) is 37.1 Å². The molecule has 1 fully saturated rings. The fraction of sp³-hybridized carbons (Fsp3) is 0.125. The number of nitrogens with two attached hydrogens (primary N) is 1. The number of aromatic amines is 2. The third-order valence-electron chi connectivity index (χ3n) is 6.09. The highest BCUT2D eigenvalue weighted by atomic mass is 15.3. The second kappa shape index (κ2) is 7.64. The molecule has 6 aromatic rings. The summed E-state index contributed by atoms with van der Waals surface area (Å²) in [6.07, 6.45) is 8.73. The van der Waals surface area contributed by atoms with Gasteiger partial charge in [0.25, 0.3) is 0 Å². The van der Waals surface area contributed by atoms with Gasteiger partial charge in [0.2, 0.25) is 0 Å². The SMILES string of the molecule is NC1CN(c2cncc(-c3ccc4[nH]nc(-c5nc6c(-c7ccccn7)cncc6[nH]5)c4n3)n2)C1. The number of nitrogens with one attached hydrogen (secondary N) is 2. The van der Waals surface area contributed by atoms with E-state index in [4.69, 9.17) is 20.7 Å². The summed E-state index contributed by atoms with van der Waals surface area (Å²) in [6.45, 7) is 1.55. The molecule has 0 atom stereocenters. The summed E-state index contributed by atoms with van der Waals surface area (Å²) in [7, 11) is 0. The van der Waals surface area contributed by atoms with Crippen molar-refractivity contribution in [2.75, 3.05) is 18.0 Å². The van der Waals surface area contributed by atoms with Crippen LogP contribution in [0.25, 0.3) is 56.2 Å². The average molecular weight is 461 g/mol. The zero-order valence-electron chi connectivity index (χ0n) is 18.4. The van der Waals surface area contributed by atoms with E-state index in [1.165, 1.54) is 0 Å². The Hall–Kier alpha value is -4.77. The van der Waals surface area contributed by atoms with E-state index in [2.05, 4.69) is 35.0 Å². The topological polar surface area (TPSA) is 151 Å². The van der Waals surface area contributed by atoms with Gasteiger partial charge in [-0.1, -0.05) is 6.07 Å². The van der Waals surface area contributed by atoms with E-state index >= 15 is 0 Å². The Kier molecular flexibility index (Phi) is 4.29. The third kappa shape index (κ3) is 3.28. The molecule has 0 aliphatic carbocycles. The molecule has 0 saturated carbocycles. The van der Waals surface area contributed by atoms with Crippen molar-refractivity contribution in [1.82, 2.24) is 45.1 Å². The zero-order valence-corrected chi connectivity index (χ0v) is 18.4. The number of H-pyrrole nitrogens is 2. The minimum absolute atomic E-state index is 0.181. The Morgan fingerprint density at radius 3 is 2.60 bits per heavy atom. The molecule has 0 bridgehead atoms. The van der Waals surface area contributed by atoms with E-state index in [0.717, 1.165) is 46.7 Å². The molecule has 7 heterocycles. The molecule has 0 amide bonds. The van der Waals surface area contributed by atoms with Gasteiger partial charge < -0.3 is 15.6 Å². The van der Waals surface area contributed by atoms with Crippen LogP contribution in [0, 0.1) is 0 Å². The van der Waals surface area contributed by atoms with E-state index in [1.807, 2.05) is 30.3 Å². The molecule has 0 radical (unpaired) electrons. The van der Waals surface area contributed by atoms with Gasteiger partial charge in [0.15, 0.2) is 11.5 Å². The van der Waals surface area contributed by atoms with Crippen molar-refractivity contribution in [2.45, 2.75) is 6.04 Å². The Morgan fingerprint density at radius 1 is 0.829 bits per heavy atom. The lowest BCUT2D eigenvalue weighted by Crippen LogP contribution is -2.56. The first-order valence-corrected chi connectivity index (χ1v) is 11.2. The maximum Gasteiger partial charge on any atom is 0.161 e. The summed E-state index contributed by atoms with van der Waals surface area (Å²) < 4.78 is 0. The second-order valence-corrected chi connectivity index (χ2v) is 8.48. The summed E-state index contributed by atoms with van der Waals surface area (Å²) in [5, 5.41) is 7.55. The monoisotopic (exact) mass is 461 g/mol. The number of fused-ring (bicyclic) bond motifs is 2. The molecule has 11 nitrogen and oxygen atoms in total. The summed E-state index contributed by atoms with van der Waals surface area (Å²) in [6, 6.07) is 9.78. The Balaban J connectivity index is 1.31. The highest BCUT2D eigenvalue weighted by molar-refractivity contribution is 5.95. The summed E-state index contributed by atoms with van der Waals surface area (Å²) >= 11 is 0. The van der Waals surface area contributed by atoms with Crippen molar-refractivity contribution < 1.29 is 0 Å². The second-order valence-electron chi connectivity index (χ2n) is 8.48. The Morgan fingerprint density at radius 2 is 1.74 bits per heavy atom. The van der Waals surface area contributed by atoms with Crippen molar-refractivity contribution in [3.05, 3.63) is 61.3 Å². The molecule has 7 rings (SSSR count). The number of hydrogen-bond acceptors (Lipinski definition) is 9. The predicted molar refractivity (Wildman–Crippen MR) is 131 cm³/mol. The molecule has 0 aromatic carbocycles. The van der Waals surface area contributed by atoms with Gasteiger partial charge in [-0.3, -0.25) is 20.1 Å². The molecular formula is C24H19N11. The molecule has 4 N–H and O–H groups in total. The minimum Gasteiger partial charge on any atom is -0.352 e. The number of imidazole rings is 1. The van der Waals surface area contributed by atoms with Crippen LogP contribution in [0.4, 0.5) is 5.82 Å². The van der Waals surface area contributed by atoms with E-state index < -0.39 is 0 Å². The van der Waals surface area contributed by atoms with Gasteiger partial charge in [0.05, 0.1) is 41.0 Å². The number of aromatic nitrogens is 9. The molecule has 1 saturated heterocycles. The van der Waals surface area contributed by atoms with Crippen LogP contribution in [-0.4, -0.2) is 64.2 Å². The molecule has 0 spiro atoms. The van der Waals surface area contributed by atoms with Crippen LogP contribution >= 0.6 is 0 Å². The largest absolute Gasteiger partial charge is 0.352 e. The van der Waals surface area contributed by atoms with Crippen LogP contribution in [0.5, 0.6) is 0 Å². The first-order chi connectivity index (χ1) is 17.2. The highest BCUT2D eigenvalue weighted by Gasteiger charge is 2.25. The molecule has 0 unspecified atom stereocenters. The molecule has 1 aliphatic rings. The Labute approximate surface area is 198 Å². The predicted octanol–water partition coefficient (Wildman–Crippen LogP) is 2.56. The maximum absolute atomic E-state index is 5.92. The number of pyridine rings is 3. The average Bonchev–Trinajstić information content (AvgIpc) is 3.51. The summed E-state index contributed by atoms with van der Waals surface area (Å²) in [5.41, 5.74) is 12.6. The fourth-order valence-corrected chi connectivity index (χ4v) is 4.29. The van der Waals surface area contributed by atoms with E-state index in [1.54, 1.807) is 31.0 Å².